The van der Waals surface area contributed by atoms with Crippen LogP contribution in [0.25, 0.3) is 0 Å². The first kappa shape index (κ1) is 12.7. The van der Waals surface area contributed by atoms with Crippen molar-refractivity contribution in [3.05, 3.63) is 35.4 Å². The molecule has 1 aliphatic carbocycles. The zero-order valence-electron chi connectivity index (χ0n) is 11.3. The first-order chi connectivity index (χ1) is 9.31. The molecule has 2 atom stereocenters. The van der Waals surface area contributed by atoms with E-state index in [-0.39, 0.29) is 5.91 Å². The van der Waals surface area contributed by atoms with Crippen molar-refractivity contribution >= 4 is 5.91 Å². The Labute approximate surface area is 114 Å². The molecule has 1 aromatic carbocycles. The fourth-order valence-electron chi connectivity index (χ4n) is 3.63. The fourth-order valence-corrected chi connectivity index (χ4v) is 3.63. The Kier molecular flexibility index (Phi) is 3.56. The van der Waals surface area contributed by atoms with Crippen molar-refractivity contribution in [1.82, 2.24) is 4.90 Å². The molecule has 1 aromatic rings. The maximum atomic E-state index is 12.7. The van der Waals surface area contributed by atoms with Crippen molar-refractivity contribution in [2.75, 3.05) is 13.1 Å². The van der Waals surface area contributed by atoms with Crippen LogP contribution in [0.4, 0.5) is 0 Å². The molecule has 0 aromatic heterocycles. The molecule has 1 aliphatic heterocycles. The van der Waals surface area contributed by atoms with Crippen LogP contribution in [0.15, 0.2) is 24.3 Å². The Morgan fingerprint density at radius 2 is 2.00 bits per heavy atom. The van der Waals surface area contributed by atoms with Gasteiger partial charge in [-0.1, -0.05) is 31.0 Å². The summed E-state index contributed by atoms with van der Waals surface area (Å²) in [6, 6.07) is 8.38. The van der Waals surface area contributed by atoms with Gasteiger partial charge in [-0.15, -0.1) is 0 Å². The number of benzene rings is 1. The zero-order valence-corrected chi connectivity index (χ0v) is 11.3. The summed E-state index contributed by atoms with van der Waals surface area (Å²) >= 11 is 0. The highest BCUT2D eigenvalue weighted by Gasteiger charge is 2.34. The van der Waals surface area contributed by atoms with Crippen LogP contribution in [0.3, 0.4) is 0 Å². The summed E-state index contributed by atoms with van der Waals surface area (Å²) in [7, 11) is 0. The third kappa shape index (κ3) is 2.27. The molecule has 19 heavy (non-hydrogen) atoms. The van der Waals surface area contributed by atoms with Crippen LogP contribution in [-0.2, 0) is 6.42 Å². The lowest BCUT2D eigenvalue weighted by molar-refractivity contribution is 0.0523. The van der Waals surface area contributed by atoms with Crippen molar-refractivity contribution in [2.24, 2.45) is 11.7 Å². The van der Waals surface area contributed by atoms with Gasteiger partial charge in [0.15, 0.2) is 0 Å². The molecule has 3 heteroatoms. The minimum Gasteiger partial charge on any atom is -0.335 e. The molecule has 1 fully saturated rings. The number of amides is 1. The summed E-state index contributed by atoms with van der Waals surface area (Å²) in [5.41, 5.74) is 8.00. The van der Waals surface area contributed by atoms with E-state index in [4.69, 9.17) is 5.73 Å². The molecule has 3 rings (SSSR count). The van der Waals surface area contributed by atoms with Gasteiger partial charge >= 0.3 is 0 Å². The highest BCUT2D eigenvalue weighted by atomic mass is 16.2. The van der Waals surface area contributed by atoms with E-state index in [0.29, 0.717) is 18.5 Å². The SMILES string of the molecule is NCC1CCCCC1N1CCc2ccccc2C1=O. The Morgan fingerprint density at radius 3 is 2.84 bits per heavy atom. The van der Waals surface area contributed by atoms with E-state index in [1.165, 1.54) is 24.8 Å². The molecule has 2 aliphatic rings. The van der Waals surface area contributed by atoms with Gasteiger partial charge in [0.25, 0.3) is 5.91 Å². The predicted molar refractivity (Wildman–Crippen MR) is 76.0 cm³/mol. The van der Waals surface area contributed by atoms with Crippen LogP contribution >= 0.6 is 0 Å². The Morgan fingerprint density at radius 1 is 1.21 bits per heavy atom. The van der Waals surface area contributed by atoms with Crippen molar-refractivity contribution in [3.63, 3.8) is 0 Å². The first-order valence-electron chi connectivity index (χ1n) is 7.40. The minimum atomic E-state index is 0.215. The number of hydrogen-bond donors (Lipinski definition) is 1. The third-order valence-corrected chi connectivity index (χ3v) is 4.70. The third-order valence-electron chi connectivity index (χ3n) is 4.70. The molecule has 0 spiro atoms. The van der Waals surface area contributed by atoms with E-state index in [0.717, 1.165) is 24.9 Å². The molecule has 1 saturated carbocycles. The predicted octanol–water partition coefficient (Wildman–Crippen LogP) is 2.20. The number of carbonyl (C=O) groups is 1. The number of carbonyl (C=O) groups excluding carboxylic acids is 1. The summed E-state index contributed by atoms with van der Waals surface area (Å²) in [5, 5.41) is 0. The lowest BCUT2D eigenvalue weighted by Crippen LogP contribution is -2.50. The van der Waals surface area contributed by atoms with Crippen molar-refractivity contribution in [1.29, 1.82) is 0 Å². The molecule has 2 N–H and O–H groups in total. The maximum Gasteiger partial charge on any atom is 0.254 e. The number of nitrogens with two attached hydrogens (primary N) is 1. The normalized spacial score (nSPS) is 27.2. The molecule has 0 radical (unpaired) electrons. The average Bonchev–Trinajstić information content (AvgIpc) is 2.48. The molecule has 102 valence electrons. The largest absolute Gasteiger partial charge is 0.335 e. The molecule has 1 heterocycles. The molecule has 0 bridgehead atoms. The number of hydrogen-bond acceptors (Lipinski definition) is 2. The fraction of sp³-hybridized carbons (Fsp3) is 0.562. The topological polar surface area (TPSA) is 46.3 Å². The quantitative estimate of drug-likeness (QED) is 0.884. The monoisotopic (exact) mass is 258 g/mol. The zero-order chi connectivity index (χ0) is 13.2. The van der Waals surface area contributed by atoms with Crippen LogP contribution in [0.2, 0.25) is 0 Å². The van der Waals surface area contributed by atoms with E-state index in [2.05, 4.69) is 11.0 Å². The van der Waals surface area contributed by atoms with E-state index in [1.807, 2.05) is 18.2 Å². The van der Waals surface area contributed by atoms with Crippen LogP contribution in [0.5, 0.6) is 0 Å². The summed E-state index contributed by atoms with van der Waals surface area (Å²) in [4.78, 5) is 14.8. The Bertz CT molecular complexity index is 472. The van der Waals surface area contributed by atoms with Gasteiger partial charge in [-0.05, 0) is 43.4 Å². The van der Waals surface area contributed by atoms with Gasteiger partial charge in [-0.25, -0.2) is 0 Å². The number of nitrogens with zero attached hydrogens (tertiary/aromatic N) is 1. The van der Waals surface area contributed by atoms with Gasteiger partial charge in [0.1, 0.15) is 0 Å². The maximum absolute atomic E-state index is 12.7. The van der Waals surface area contributed by atoms with Crippen LogP contribution in [0.1, 0.15) is 41.6 Å². The van der Waals surface area contributed by atoms with Crippen LogP contribution in [0, 0.1) is 5.92 Å². The molecule has 0 saturated heterocycles. The Balaban J connectivity index is 1.85. The van der Waals surface area contributed by atoms with Gasteiger partial charge in [0.2, 0.25) is 0 Å². The van der Waals surface area contributed by atoms with E-state index in [1.54, 1.807) is 0 Å². The molecule has 3 nitrogen and oxygen atoms in total. The summed E-state index contributed by atoms with van der Waals surface area (Å²) in [6.45, 7) is 1.56. The molecular formula is C16H22N2O. The van der Waals surface area contributed by atoms with Crippen LogP contribution in [-0.4, -0.2) is 29.9 Å². The second-order valence-electron chi connectivity index (χ2n) is 5.75. The summed E-state index contributed by atoms with van der Waals surface area (Å²) < 4.78 is 0. The van der Waals surface area contributed by atoms with E-state index in [9.17, 15) is 4.79 Å². The highest BCUT2D eigenvalue weighted by molar-refractivity contribution is 5.97. The lowest BCUT2D eigenvalue weighted by atomic mass is 9.82. The average molecular weight is 258 g/mol. The molecule has 2 unspecified atom stereocenters. The van der Waals surface area contributed by atoms with Crippen molar-refractivity contribution in [2.45, 2.75) is 38.1 Å². The van der Waals surface area contributed by atoms with Gasteiger partial charge in [0.05, 0.1) is 0 Å². The van der Waals surface area contributed by atoms with Gasteiger partial charge in [-0.2, -0.15) is 0 Å². The smallest absolute Gasteiger partial charge is 0.254 e. The van der Waals surface area contributed by atoms with E-state index >= 15 is 0 Å². The van der Waals surface area contributed by atoms with Gasteiger partial charge in [0, 0.05) is 18.2 Å². The first-order valence-corrected chi connectivity index (χ1v) is 7.40. The number of fused-ring (bicyclic) bond motifs is 1. The standard InChI is InChI=1S/C16H22N2O/c17-11-13-6-2-4-8-15(13)18-10-9-12-5-1-3-7-14(12)16(18)19/h1,3,5,7,13,15H,2,4,6,8-11,17H2. The van der Waals surface area contributed by atoms with Crippen LogP contribution < -0.4 is 5.73 Å². The summed E-state index contributed by atoms with van der Waals surface area (Å²) in [6.07, 6.45) is 5.77. The second kappa shape index (κ2) is 5.33. The Hall–Kier alpha value is -1.35. The molecular weight excluding hydrogens is 236 g/mol. The van der Waals surface area contributed by atoms with Gasteiger partial charge in [-0.3, -0.25) is 4.79 Å². The van der Waals surface area contributed by atoms with E-state index < -0.39 is 0 Å². The second-order valence-corrected chi connectivity index (χ2v) is 5.75. The highest BCUT2D eigenvalue weighted by Crippen LogP contribution is 2.31. The minimum absolute atomic E-state index is 0.215. The summed E-state index contributed by atoms with van der Waals surface area (Å²) in [5.74, 6) is 0.704. The number of rotatable bonds is 2. The molecule has 1 amide bonds. The lowest BCUT2D eigenvalue weighted by Gasteiger charge is -2.41. The van der Waals surface area contributed by atoms with Gasteiger partial charge < -0.3 is 10.6 Å². The van der Waals surface area contributed by atoms with Crippen molar-refractivity contribution < 1.29 is 4.79 Å². The van der Waals surface area contributed by atoms with Crippen molar-refractivity contribution in [3.8, 4) is 0 Å².